The molecule has 0 heterocycles. The van der Waals surface area contributed by atoms with Crippen LogP contribution in [0, 0.1) is 11.6 Å². The first-order valence-electron chi connectivity index (χ1n) is 9.76. The molecule has 0 saturated heterocycles. The molecule has 1 aliphatic rings. The van der Waals surface area contributed by atoms with E-state index in [0.717, 1.165) is 19.2 Å². The molecule has 2 N–H and O–H groups in total. The lowest BCUT2D eigenvalue weighted by molar-refractivity contribution is -0.175. The first kappa shape index (κ1) is 24.1. The van der Waals surface area contributed by atoms with Gasteiger partial charge in [-0.1, -0.05) is 24.3 Å². The monoisotopic (exact) mass is 470 g/mol. The number of alkyl halides is 3. The predicted octanol–water partition coefficient (Wildman–Crippen LogP) is 3.81. The number of carbonyl (C=O) groups excluding carboxylic acids is 3. The van der Waals surface area contributed by atoms with E-state index in [9.17, 15) is 36.3 Å². The number of methoxy groups -OCH3 is 1. The summed E-state index contributed by atoms with van der Waals surface area (Å²) in [5, 5.41) is 4.10. The lowest BCUT2D eigenvalue weighted by atomic mass is 9.96. The number of carbonyl (C=O) groups is 3. The van der Waals surface area contributed by atoms with Crippen molar-refractivity contribution >= 4 is 17.8 Å². The molecule has 1 atom stereocenters. The molecular formula is C22H19F5N2O4. The van der Waals surface area contributed by atoms with Crippen LogP contribution in [-0.2, 0) is 14.3 Å². The van der Waals surface area contributed by atoms with Gasteiger partial charge < -0.3 is 15.4 Å². The number of halogens is 5. The Balaban J connectivity index is 1.80. The van der Waals surface area contributed by atoms with Crippen LogP contribution in [0.5, 0.6) is 0 Å². The normalized spacial score (nSPS) is 15.4. The van der Waals surface area contributed by atoms with Gasteiger partial charge in [-0.15, -0.1) is 0 Å². The van der Waals surface area contributed by atoms with Gasteiger partial charge in [0.05, 0.1) is 13.2 Å². The number of ether oxygens (including phenoxy) is 1. The summed E-state index contributed by atoms with van der Waals surface area (Å²) in [6.45, 7) is 1.42. The Hall–Kier alpha value is -3.50. The summed E-state index contributed by atoms with van der Waals surface area (Å²) >= 11 is 0. The number of benzene rings is 2. The van der Waals surface area contributed by atoms with Crippen LogP contribution in [0.3, 0.4) is 0 Å². The Morgan fingerprint density at radius 3 is 2.27 bits per heavy atom. The molecule has 0 radical (unpaired) electrons. The van der Waals surface area contributed by atoms with E-state index >= 15 is 0 Å². The maximum Gasteiger partial charge on any atom is 0.471 e. The minimum atomic E-state index is -5.14. The van der Waals surface area contributed by atoms with Crippen molar-refractivity contribution in [3.8, 4) is 11.1 Å². The zero-order chi connectivity index (χ0) is 24.6. The molecule has 2 amide bonds. The molecule has 0 spiro atoms. The summed E-state index contributed by atoms with van der Waals surface area (Å²) in [6.07, 6.45) is -5.10. The number of nitrogens with one attached hydrogen (secondary N) is 2. The van der Waals surface area contributed by atoms with Gasteiger partial charge in [-0.3, -0.25) is 9.59 Å². The van der Waals surface area contributed by atoms with Gasteiger partial charge in [0.2, 0.25) is 5.91 Å². The first-order chi connectivity index (χ1) is 15.4. The molecule has 1 saturated carbocycles. The van der Waals surface area contributed by atoms with Gasteiger partial charge in [-0.05, 0) is 43.0 Å². The summed E-state index contributed by atoms with van der Waals surface area (Å²) in [7, 11) is 1.08. The molecular weight excluding hydrogens is 451 g/mol. The second-order valence-corrected chi connectivity index (χ2v) is 7.62. The minimum absolute atomic E-state index is 0.000990. The van der Waals surface area contributed by atoms with Gasteiger partial charge in [0.1, 0.15) is 22.7 Å². The van der Waals surface area contributed by atoms with Gasteiger partial charge >= 0.3 is 18.1 Å². The van der Waals surface area contributed by atoms with Gasteiger partial charge in [-0.2, -0.15) is 13.2 Å². The third-order valence-electron chi connectivity index (χ3n) is 5.32. The van der Waals surface area contributed by atoms with Crippen LogP contribution in [0.1, 0.15) is 41.7 Å². The number of hydrogen-bond donors (Lipinski definition) is 2. The fourth-order valence-electron chi connectivity index (χ4n) is 3.35. The maximum atomic E-state index is 14.9. The van der Waals surface area contributed by atoms with Gasteiger partial charge in [0, 0.05) is 5.56 Å². The SMILES string of the molecule is COC(=O)c1c(F)cccc1-c1ccc([C@H](C)NC(=O)C2(NC(=O)C(F)(F)F)CC2)c(F)c1. The third-order valence-corrected chi connectivity index (χ3v) is 5.32. The summed E-state index contributed by atoms with van der Waals surface area (Å²) < 4.78 is 71.1. The summed E-state index contributed by atoms with van der Waals surface area (Å²) in [5.74, 6) is -5.68. The topological polar surface area (TPSA) is 84.5 Å². The predicted molar refractivity (Wildman–Crippen MR) is 106 cm³/mol. The molecule has 0 aliphatic heterocycles. The van der Waals surface area contributed by atoms with Crippen molar-refractivity contribution in [2.75, 3.05) is 7.11 Å². The minimum Gasteiger partial charge on any atom is -0.465 e. The Morgan fingerprint density at radius 1 is 1.06 bits per heavy atom. The molecule has 2 aromatic carbocycles. The summed E-state index contributed by atoms with van der Waals surface area (Å²) in [4.78, 5) is 35.6. The Labute approximate surface area is 185 Å². The van der Waals surface area contributed by atoms with Crippen molar-refractivity contribution in [1.82, 2.24) is 10.6 Å². The molecule has 3 rings (SSSR count). The van der Waals surface area contributed by atoms with Crippen LogP contribution in [0.4, 0.5) is 22.0 Å². The second-order valence-electron chi connectivity index (χ2n) is 7.62. The van der Waals surface area contributed by atoms with Crippen LogP contribution >= 0.6 is 0 Å². The molecule has 1 aliphatic carbocycles. The fraction of sp³-hybridized carbons (Fsp3) is 0.318. The number of esters is 1. The highest BCUT2D eigenvalue weighted by molar-refractivity contribution is 5.98. The van der Waals surface area contributed by atoms with E-state index in [0.29, 0.717) is 0 Å². The summed E-state index contributed by atoms with van der Waals surface area (Å²) in [5.41, 5.74) is -1.79. The Kier molecular flexibility index (Phi) is 6.44. The van der Waals surface area contributed by atoms with E-state index in [2.05, 4.69) is 10.1 Å². The maximum absolute atomic E-state index is 14.9. The third kappa shape index (κ3) is 4.96. The fourth-order valence-corrected chi connectivity index (χ4v) is 3.35. The van der Waals surface area contributed by atoms with Gasteiger partial charge in [0.25, 0.3) is 0 Å². The van der Waals surface area contributed by atoms with Crippen LogP contribution < -0.4 is 10.6 Å². The highest BCUT2D eigenvalue weighted by Gasteiger charge is 2.55. The molecule has 33 heavy (non-hydrogen) atoms. The average Bonchev–Trinajstić information content (AvgIpc) is 3.52. The molecule has 0 aromatic heterocycles. The van der Waals surface area contributed by atoms with Crippen LogP contribution in [0.15, 0.2) is 36.4 Å². The Bertz CT molecular complexity index is 1110. The van der Waals surface area contributed by atoms with Gasteiger partial charge in [-0.25, -0.2) is 13.6 Å². The first-order valence-corrected chi connectivity index (χ1v) is 9.76. The van der Waals surface area contributed by atoms with E-state index in [4.69, 9.17) is 0 Å². The van der Waals surface area contributed by atoms with E-state index in [-0.39, 0.29) is 35.1 Å². The van der Waals surface area contributed by atoms with E-state index in [1.807, 2.05) is 0 Å². The molecule has 1 fully saturated rings. The van der Waals surface area contributed by atoms with E-state index in [1.54, 1.807) is 5.32 Å². The summed E-state index contributed by atoms with van der Waals surface area (Å²) in [6, 6.07) is 6.60. The smallest absolute Gasteiger partial charge is 0.465 e. The van der Waals surface area contributed by atoms with Crippen LogP contribution in [-0.4, -0.2) is 36.6 Å². The number of hydrogen-bond acceptors (Lipinski definition) is 4. The second kappa shape index (κ2) is 8.80. The highest BCUT2D eigenvalue weighted by Crippen LogP contribution is 2.37. The van der Waals surface area contributed by atoms with E-state index < -0.39 is 47.2 Å². The molecule has 6 nitrogen and oxygen atoms in total. The van der Waals surface area contributed by atoms with Crippen LogP contribution in [0.2, 0.25) is 0 Å². The zero-order valence-electron chi connectivity index (χ0n) is 17.5. The molecule has 0 unspecified atom stereocenters. The molecule has 2 aromatic rings. The highest BCUT2D eigenvalue weighted by atomic mass is 19.4. The lowest BCUT2D eigenvalue weighted by Crippen LogP contribution is -2.53. The van der Waals surface area contributed by atoms with Crippen molar-refractivity contribution in [1.29, 1.82) is 0 Å². The van der Waals surface area contributed by atoms with Gasteiger partial charge in [0.15, 0.2) is 0 Å². The number of rotatable bonds is 6. The average molecular weight is 470 g/mol. The quantitative estimate of drug-likeness (QED) is 0.497. The molecule has 0 bridgehead atoms. The molecule has 11 heteroatoms. The van der Waals surface area contributed by atoms with Crippen molar-refractivity contribution < 1.29 is 41.1 Å². The van der Waals surface area contributed by atoms with Crippen molar-refractivity contribution in [3.05, 3.63) is 59.2 Å². The van der Waals surface area contributed by atoms with Crippen molar-refractivity contribution in [2.24, 2.45) is 0 Å². The van der Waals surface area contributed by atoms with Crippen molar-refractivity contribution in [3.63, 3.8) is 0 Å². The lowest BCUT2D eigenvalue weighted by Gasteiger charge is -2.22. The van der Waals surface area contributed by atoms with E-state index in [1.165, 1.54) is 31.2 Å². The molecule has 176 valence electrons. The number of amides is 2. The largest absolute Gasteiger partial charge is 0.471 e. The standard InChI is InChI=1S/C22H19F5N2O4/c1-11(28-19(31)21(8-9-21)29-20(32)22(25,26)27)13-7-6-12(10-16(13)24)14-4-3-5-15(23)17(14)18(30)33-2/h3-7,10-11H,8-9H2,1-2H3,(H,28,31)(H,29,32)/t11-/m0/s1. The van der Waals surface area contributed by atoms with Crippen LogP contribution in [0.25, 0.3) is 11.1 Å². The van der Waals surface area contributed by atoms with Crippen molar-refractivity contribution in [2.45, 2.75) is 37.5 Å². The Morgan fingerprint density at radius 2 is 1.73 bits per heavy atom. The zero-order valence-corrected chi connectivity index (χ0v) is 17.5.